The van der Waals surface area contributed by atoms with Gasteiger partial charge >= 0.3 is 11.9 Å². The molecule has 1 aliphatic heterocycles. The molecule has 0 aliphatic carbocycles. The molecule has 106 valence electrons. The largest absolute Gasteiger partial charge is 0.480 e. The molecule has 7 nitrogen and oxygen atoms in total. The van der Waals surface area contributed by atoms with E-state index in [1.165, 1.54) is 0 Å². The van der Waals surface area contributed by atoms with Crippen molar-refractivity contribution in [3.63, 3.8) is 0 Å². The van der Waals surface area contributed by atoms with Crippen molar-refractivity contribution in [2.45, 2.75) is 6.42 Å². The van der Waals surface area contributed by atoms with E-state index in [4.69, 9.17) is 14.9 Å². The normalized spacial score (nSPS) is 14.8. The zero-order chi connectivity index (χ0) is 14.3. The maximum Gasteiger partial charge on any atom is 0.345 e. The summed E-state index contributed by atoms with van der Waals surface area (Å²) >= 11 is 0. The first-order chi connectivity index (χ1) is 9.04. The summed E-state index contributed by atoms with van der Waals surface area (Å²) in [5.74, 6) is -0.967. The maximum atomic E-state index is 10.8. The van der Waals surface area contributed by atoms with E-state index < -0.39 is 11.9 Å². The molecular weight excluding hydrogens is 252 g/mol. The third-order valence-electron chi connectivity index (χ3n) is 2.75. The van der Waals surface area contributed by atoms with Gasteiger partial charge in [-0.2, -0.15) is 0 Å². The van der Waals surface area contributed by atoms with Crippen molar-refractivity contribution in [2.24, 2.45) is 0 Å². The Kier molecular flexibility index (Phi) is 6.01. The van der Waals surface area contributed by atoms with Crippen LogP contribution in [0.4, 0.5) is 0 Å². The smallest absolute Gasteiger partial charge is 0.345 e. The molecule has 0 aromatic rings. The first-order valence-corrected chi connectivity index (χ1v) is 6.02. The van der Waals surface area contributed by atoms with Gasteiger partial charge in [-0.1, -0.05) is 6.08 Å². The highest BCUT2D eigenvalue weighted by atomic mass is 16.5. The van der Waals surface area contributed by atoms with Crippen LogP contribution in [0.1, 0.15) is 6.42 Å². The minimum absolute atomic E-state index is 0.0321. The Morgan fingerprint density at radius 1 is 1.42 bits per heavy atom. The molecule has 19 heavy (non-hydrogen) atoms. The number of amidine groups is 1. The van der Waals surface area contributed by atoms with E-state index in [1.807, 2.05) is 4.90 Å². The van der Waals surface area contributed by atoms with Gasteiger partial charge in [0, 0.05) is 0 Å². The van der Waals surface area contributed by atoms with Crippen LogP contribution in [0.15, 0.2) is 12.7 Å². The molecule has 0 fully saturated rings. The van der Waals surface area contributed by atoms with Crippen LogP contribution in [0.3, 0.4) is 0 Å². The van der Waals surface area contributed by atoms with Gasteiger partial charge in [0.05, 0.1) is 13.0 Å². The summed E-state index contributed by atoms with van der Waals surface area (Å²) in [6.07, 6.45) is 2.31. The molecule has 0 amide bonds. The predicted molar refractivity (Wildman–Crippen MR) is 67.5 cm³/mol. The Balaban J connectivity index is 2.53. The molecule has 0 saturated carbocycles. The van der Waals surface area contributed by atoms with Gasteiger partial charge in [-0.05, 0) is 0 Å². The Bertz CT molecular complexity index is 392. The molecule has 0 unspecified atom stereocenters. The number of carbonyl (C=O) groups is 2. The van der Waals surface area contributed by atoms with Gasteiger partial charge in [0.25, 0.3) is 5.84 Å². The molecule has 1 heterocycles. The fourth-order valence-electron chi connectivity index (χ4n) is 2.00. The minimum atomic E-state index is -0.996. The Morgan fingerprint density at radius 3 is 2.74 bits per heavy atom. The highest BCUT2D eigenvalue weighted by molar-refractivity contribution is 5.81. The van der Waals surface area contributed by atoms with Gasteiger partial charge in [-0.15, -0.1) is 6.58 Å². The van der Waals surface area contributed by atoms with E-state index in [2.05, 4.69) is 6.58 Å². The summed E-state index contributed by atoms with van der Waals surface area (Å²) in [7, 11) is 0. The van der Waals surface area contributed by atoms with Crippen molar-refractivity contribution in [3.8, 4) is 0 Å². The highest BCUT2D eigenvalue weighted by Gasteiger charge is 2.29. The van der Waals surface area contributed by atoms with Crippen molar-refractivity contribution in [1.82, 2.24) is 4.90 Å². The molecule has 0 atom stereocenters. The standard InChI is InChI=1S/C12H18N2O5/c1-2-3-10-13(6-7-19-9-12(17)18)4-5-14(10)8-11(15)16/h2H,1,3-9H2,(H-,15,16,17,18)/p+1. The van der Waals surface area contributed by atoms with Gasteiger partial charge in [0.15, 0.2) is 6.54 Å². The average molecular weight is 271 g/mol. The van der Waals surface area contributed by atoms with Crippen molar-refractivity contribution < 1.29 is 29.1 Å². The van der Waals surface area contributed by atoms with Crippen LogP contribution in [0.25, 0.3) is 0 Å². The number of aliphatic carboxylic acids is 2. The third kappa shape index (κ3) is 5.09. The lowest BCUT2D eigenvalue weighted by Crippen LogP contribution is -2.33. The number of rotatable bonds is 9. The summed E-state index contributed by atoms with van der Waals surface area (Å²) in [4.78, 5) is 23.1. The molecule has 0 aromatic carbocycles. The molecule has 0 bridgehead atoms. The summed E-state index contributed by atoms with van der Waals surface area (Å²) in [6.45, 7) is 5.52. The lowest BCUT2D eigenvalue weighted by molar-refractivity contribution is -0.509. The van der Waals surface area contributed by atoms with Crippen molar-refractivity contribution in [3.05, 3.63) is 12.7 Å². The number of carboxylic acids is 2. The van der Waals surface area contributed by atoms with Crippen LogP contribution in [0.2, 0.25) is 0 Å². The number of nitrogens with zero attached hydrogens (tertiary/aromatic N) is 2. The predicted octanol–water partition coefficient (Wildman–Crippen LogP) is -0.525. The van der Waals surface area contributed by atoms with E-state index in [1.54, 1.807) is 10.7 Å². The maximum absolute atomic E-state index is 10.8. The molecule has 7 heteroatoms. The third-order valence-corrected chi connectivity index (χ3v) is 2.75. The molecule has 0 saturated heterocycles. The average Bonchev–Trinajstić information content (AvgIpc) is 2.67. The molecule has 2 N–H and O–H groups in total. The van der Waals surface area contributed by atoms with Crippen LogP contribution in [0, 0.1) is 0 Å². The Hall–Kier alpha value is -1.89. The van der Waals surface area contributed by atoms with E-state index in [-0.39, 0.29) is 13.2 Å². The van der Waals surface area contributed by atoms with Gasteiger partial charge in [0.2, 0.25) is 0 Å². The molecule has 1 aliphatic rings. The van der Waals surface area contributed by atoms with E-state index >= 15 is 0 Å². The topological polar surface area (TPSA) is 90.1 Å². The molecule has 0 aromatic heterocycles. The van der Waals surface area contributed by atoms with E-state index in [9.17, 15) is 9.59 Å². The highest BCUT2D eigenvalue weighted by Crippen LogP contribution is 2.06. The van der Waals surface area contributed by atoms with Crippen LogP contribution in [0.5, 0.6) is 0 Å². The summed E-state index contributed by atoms with van der Waals surface area (Å²) in [6, 6.07) is 0. The quantitative estimate of drug-likeness (QED) is 0.333. The SMILES string of the molecule is C=CCC1=[N+](CC(=O)O)CCN1CCOCC(=O)O. The number of carboxylic acid groups (broad SMARTS) is 2. The second kappa shape index (κ2) is 7.52. The number of ether oxygens (including phenoxy) is 1. The van der Waals surface area contributed by atoms with Crippen LogP contribution in [-0.4, -0.2) is 76.9 Å². The Morgan fingerprint density at radius 2 is 2.16 bits per heavy atom. The lowest BCUT2D eigenvalue weighted by atomic mass is 10.3. The molecule has 0 spiro atoms. The van der Waals surface area contributed by atoms with Crippen LogP contribution < -0.4 is 0 Å². The number of hydrogen-bond acceptors (Lipinski definition) is 4. The molecular formula is C12H19N2O5+. The van der Waals surface area contributed by atoms with Crippen molar-refractivity contribution in [1.29, 1.82) is 0 Å². The van der Waals surface area contributed by atoms with Gasteiger partial charge in [0.1, 0.15) is 26.2 Å². The fourth-order valence-corrected chi connectivity index (χ4v) is 2.00. The second-order valence-electron chi connectivity index (χ2n) is 4.16. The van der Waals surface area contributed by atoms with Crippen LogP contribution >= 0.6 is 0 Å². The van der Waals surface area contributed by atoms with Crippen molar-refractivity contribution in [2.75, 3.05) is 39.4 Å². The zero-order valence-corrected chi connectivity index (χ0v) is 10.7. The first kappa shape index (κ1) is 15.2. The molecule has 1 rings (SSSR count). The fraction of sp³-hybridized carbons (Fsp3) is 0.583. The minimum Gasteiger partial charge on any atom is -0.480 e. The second-order valence-corrected chi connectivity index (χ2v) is 4.16. The summed E-state index contributed by atoms with van der Waals surface area (Å²) < 4.78 is 6.78. The van der Waals surface area contributed by atoms with Gasteiger partial charge < -0.3 is 14.9 Å². The van der Waals surface area contributed by atoms with Gasteiger partial charge in [-0.25, -0.2) is 9.59 Å². The summed E-state index contributed by atoms with van der Waals surface area (Å²) in [5, 5.41) is 17.3. The van der Waals surface area contributed by atoms with Crippen LogP contribution in [-0.2, 0) is 14.3 Å². The molecule has 0 radical (unpaired) electrons. The first-order valence-electron chi connectivity index (χ1n) is 6.02. The summed E-state index contributed by atoms with van der Waals surface area (Å²) in [5.41, 5.74) is 0. The Labute approximate surface area is 111 Å². The lowest BCUT2D eigenvalue weighted by Gasteiger charge is -2.12. The zero-order valence-electron chi connectivity index (χ0n) is 10.7. The number of hydrogen-bond donors (Lipinski definition) is 2. The van der Waals surface area contributed by atoms with Gasteiger partial charge in [-0.3, -0.25) is 9.48 Å². The van der Waals surface area contributed by atoms with Crippen molar-refractivity contribution >= 4 is 17.8 Å². The van der Waals surface area contributed by atoms with E-state index in [0.717, 1.165) is 5.84 Å². The monoisotopic (exact) mass is 271 g/mol. The van der Waals surface area contributed by atoms with E-state index in [0.29, 0.717) is 32.7 Å².